The van der Waals surface area contributed by atoms with E-state index in [9.17, 15) is 9.59 Å². The second-order valence-electron chi connectivity index (χ2n) is 6.10. The van der Waals surface area contributed by atoms with Crippen LogP contribution in [0.4, 0.5) is 5.69 Å². The van der Waals surface area contributed by atoms with E-state index in [4.69, 9.17) is 0 Å². The SMILES string of the molecule is CC(C)C(=O)Nc1ccc(CNC(=O)[C@@H]2CCCNC2)cc1. The first-order chi connectivity index (χ1) is 10.6. The van der Waals surface area contributed by atoms with Crippen molar-refractivity contribution in [3.8, 4) is 0 Å². The van der Waals surface area contributed by atoms with Crippen molar-refractivity contribution in [2.75, 3.05) is 18.4 Å². The molecule has 1 atom stereocenters. The third-order valence-electron chi connectivity index (χ3n) is 3.88. The normalized spacial score (nSPS) is 18.0. The van der Waals surface area contributed by atoms with Crippen LogP contribution in [0.2, 0.25) is 0 Å². The van der Waals surface area contributed by atoms with Gasteiger partial charge in [0.2, 0.25) is 11.8 Å². The number of hydrogen-bond acceptors (Lipinski definition) is 3. The van der Waals surface area contributed by atoms with Crippen molar-refractivity contribution in [2.24, 2.45) is 11.8 Å². The Kier molecular flexibility index (Phi) is 5.95. The van der Waals surface area contributed by atoms with Crippen LogP contribution in [0.1, 0.15) is 32.3 Å². The Hall–Kier alpha value is -1.88. The highest BCUT2D eigenvalue weighted by molar-refractivity contribution is 5.92. The fourth-order valence-electron chi connectivity index (χ4n) is 2.40. The van der Waals surface area contributed by atoms with Crippen LogP contribution in [0.5, 0.6) is 0 Å². The van der Waals surface area contributed by atoms with E-state index >= 15 is 0 Å². The molecule has 0 bridgehead atoms. The number of benzene rings is 1. The summed E-state index contributed by atoms with van der Waals surface area (Å²) in [5.74, 6) is 0.164. The second kappa shape index (κ2) is 7.94. The molecule has 1 aliphatic heterocycles. The molecule has 1 aromatic carbocycles. The Morgan fingerprint density at radius 2 is 2.00 bits per heavy atom. The van der Waals surface area contributed by atoms with E-state index in [0.29, 0.717) is 6.54 Å². The fourth-order valence-corrected chi connectivity index (χ4v) is 2.40. The fraction of sp³-hybridized carbons (Fsp3) is 0.529. The Morgan fingerprint density at radius 1 is 1.27 bits per heavy atom. The number of carbonyl (C=O) groups excluding carboxylic acids is 2. The van der Waals surface area contributed by atoms with Crippen LogP contribution in [-0.2, 0) is 16.1 Å². The number of hydrogen-bond donors (Lipinski definition) is 3. The van der Waals surface area contributed by atoms with E-state index in [1.165, 1.54) is 0 Å². The summed E-state index contributed by atoms with van der Waals surface area (Å²) < 4.78 is 0. The van der Waals surface area contributed by atoms with E-state index in [1.54, 1.807) is 0 Å². The van der Waals surface area contributed by atoms with Gasteiger partial charge in [-0.15, -0.1) is 0 Å². The molecule has 0 aliphatic carbocycles. The van der Waals surface area contributed by atoms with Crippen molar-refractivity contribution in [3.05, 3.63) is 29.8 Å². The number of anilines is 1. The zero-order chi connectivity index (χ0) is 15.9. The zero-order valence-electron chi connectivity index (χ0n) is 13.3. The summed E-state index contributed by atoms with van der Waals surface area (Å²) in [4.78, 5) is 23.7. The molecule has 120 valence electrons. The lowest BCUT2D eigenvalue weighted by atomic mass is 9.99. The van der Waals surface area contributed by atoms with Crippen molar-refractivity contribution in [2.45, 2.75) is 33.2 Å². The zero-order valence-corrected chi connectivity index (χ0v) is 13.3. The molecule has 0 spiro atoms. The van der Waals surface area contributed by atoms with Crippen LogP contribution in [0.25, 0.3) is 0 Å². The number of nitrogens with one attached hydrogen (secondary N) is 3. The van der Waals surface area contributed by atoms with Crippen LogP contribution < -0.4 is 16.0 Å². The number of amides is 2. The van der Waals surface area contributed by atoms with E-state index < -0.39 is 0 Å². The van der Waals surface area contributed by atoms with Crippen LogP contribution in [0.15, 0.2) is 24.3 Å². The summed E-state index contributed by atoms with van der Waals surface area (Å²) in [6, 6.07) is 7.58. The van der Waals surface area contributed by atoms with Gasteiger partial charge in [0.25, 0.3) is 0 Å². The standard InChI is InChI=1S/C17H25N3O2/c1-12(2)16(21)20-15-7-5-13(6-8-15)10-19-17(22)14-4-3-9-18-11-14/h5-8,12,14,18H,3-4,9-11H2,1-2H3,(H,19,22)(H,20,21)/t14-/m1/s1. The maximum absolute atomic E-state index is 12.1. The van der Waals surface area contributed by atoms with Gasteiger partial charge in [-0.25, -0.2) is 0 Å². The van der Waals surface area contributed by atoms with Gasteiger partial charge in [-0.05, 0) is 37.1 Å². The molecule has 1 aromatic rings. The molecule has 5 heteroatoms. The highest BCUT2D eigenvalue weighted by Crippen LogP contribution is 2.12. The topological polar surface area (TPSA) is 70.2 Å². The summed E-state index contributed by atoms with van der Waals surface area (Å²) in [5, 5.41) is 9.08. The molecule has 3 N–H and O–H groups in total. The Bertz CT molecular complexity index is 505. The molecule has 2 rings (SSSR count). The van der Waals surface area contributed by atoms with Gasteiger partial charge < -0.3 is 16.0 Å². The van der Waals surface area contributed by atoms with Gasteiger partial charge in [-0.3, -0.25) is 9.59 Å². The molecule has 2 amide bonds. The molecule has 0 unspecified atom stereocenters. The molecule has 5 nitrogen and oxygen atoms in total. The summed E-state index contributed by atoms with van der Waals surface area (Å²) in [6.07, 6.45) is 2.02. The predicted octanol–water partition coefficient (Wildman–Crippen LogP) is 1.90. The molecule has 1 saturated heterocycles. The molecular formula is C17H25N3O2. The van der Waals surface area contributed by atoms with Gasteiger partial charge in [-0.1, -0.05) is 26.0 Å². The van der Waals surface area contributed by atoms with Crippen molar-refractivity contribution < 1.29 is 9.59 Å². The predicted molar refractivity (Wildman–Crippen MR) is 87.4 cm³/mol. The van der Waals surface area contributed by atoms with Crippen molar-refractivity contribution in [1.82, 2.24) is 10.6 Å². The molecule has 1 heterocycles. The van der Waals surface area contributed by atoms with Crippen LogP contribution in [0, 0.1) is 11.8 Å². The molecular weight excluding hydrogens is 278 g/mol. The van der Waals surface area contributed by atoms with Crippen LogP contribution in [-0.4, -0.2) is 24.9 Å². The lowest BCUT2D eigenvalue weighted by Crippen LogP contribution is -2.40. The summed E-state index contributed by atoms with van der Waals surface area (Å²) in [6.45, 7) is 6.02. The monoisotopic (exact) mass is 303 g/mol. The lowest BCUT2D eigenvalue weighted by Gasteiger charge is -2.21. The van der Waals surface area contributed by atoms with E-state index in [-0.39, 0.29) is 23.7 Å². The smallest absolute Gasteiger partial charge is 0.226 e. The van der Waals surface area contributed by atoms with E-state index in [2.05, 4.69) is 16.0 Å². The van der Waals surface area contributed by atoms with Gasteiger partial charge >= 0.3 is 0 Å². The number of rotatable bonds is 5. The van der Waals surface area contributed by atoms with E-state index in [0.717, 1.165) is 37.2 Å². The van der Waals surface area contributed by atoms with Crippen molar-refractivity contribution in [1.29, 1.82) is 0 Å². The highest BCUT2D eigenvalue weighted by Gasteiger charge is 2.20. The van der Waals surface area contributed by atoms with Gasteiger partial charge in [-0.2, -0.15) is 0 Å². The van der Waals surface area contributed by atoms with E-state index in [1.807, 2.05) is 38.1 Å². The molecule has 1 aliphatic rings. The second-order valence-corrected chi connectivity index (χ2v) is 6.10. The molecule has 0 radical (unpaired) electrons. The largest absolute Gasteiger partial charge is 0.352 e. The van der Waals surface area contributed by atoms with Gasteiger partial charge in [0.1, 0.15) is 0 Å². The van der Waals surface area contributed by atoms with Gasteiger partial charge in [0.05, 0.1) is 5.92 Å². The van der Waals surface area contributed by atoms with Crippen LogP contribution >= 0.6 is 0 Å². The highest BCUT2D eigenvalue weighted by atomic mass is 16.2. The third-order valence-corrected chi connectivity index (χ3v) is 3.88. The molecule has 1 fully saturated rings. The first-order valence-corrected chi connectivity index (χ1v) is 7.94. The molecule has 22 heavy (non-hydrogen) atoms. The number of carbonyl (C=O) groups is 2. The quantitative estimate of drug-likeness (QED) is 0.778. The Balaban J connectivity index is 1.81. The molecule has 0 aromatic heterocycles. The summed E-state index contributed by atoms with van der Waals surface area (Å²) >= 11 is 0. The minimum atomic E-state index is -0.0388. The lowest BCUT2D eigenvalue weighted by molar-refractivity contribution is -0.125. The maximum atomic E-state index is 12.1. The third kappa shape index (κ3) is 4.84. The van der Waals surface area contributed by atoms with Gasteiger partial charge in [0.15, 0.2) is 0 Å². The summed E-state index contributed by atoms with van der Waals surface area (Å²) in [7, 11) is 0. The number of piperidine rings is 1. The first kappa shape index (κ1) is 16.5. The Morgan fingerprint density at radius 3 is 2.59 bits per heavy atom. The average Bonchev–Trinajstić information content (AvgIpc) is 2.54. The van der Waals surface area contributed by atoms with Crippen LogP contribution in [0.3, 0.4) is 0 Å². The average molecular weight is 303 g/mol. The maximum Gasteiger partial charge on any atom is 0.226 e. The van der Waals surface area contributed by atoms with Crippen molar-refractivity contribution in [3.63, 3.8) is 0 Å². The Labute approximate surface area is 131 Å². The minimum absolute atomic E-state index is 0.00542. The first-order valence-electron chi connectivity index (χ1n) is 7.94. The van der Waals surface area contributed by atoms with Gasteiger partial charge in [0, 0.05) is 24.7 Å². The molecule has 0 saturated carbocycles. The minimum Gasteiger partial charge on any atom is -0.352 e. The van der Waals surface area contributed by atoms with Crippen molar-refractivity contribution >= 4 is 17.5 Å². The summed E-state index contributed by atoms with van der Waals surface area (Å²) in [5.41, 5.74) is 1.81.